The molecule has 1 heterocycles. The number of nitrogens with one attached hydrogen (secondary N) is 3. The van der Waals surface area contributed by atoms with Crippen molar-refractivity contribution >= 4 is 57.8 Å². The normalized spacial score (nSPS) is 10.3. The molecule has 3 N–H and O–H groups in total. The number of carbonyl (C=O) groups is 2. The molecule has 0 aliphatic carbocycles. The van der Waals surface area contributed by atoms with E-state index in [2.05, 4.69) is 16.1 Å². The third kappa shape index (κ3) is 6.23. The van der Waals surface area contributed by atoms with Crippen LogP contribution in [0.4, 0.5) is 17.1 Å². The second-order valence-corrected chi connectivity index (χ2v) is 8.55. The van der Waals surface area contributed by atoms with Gasteiger partial charge in [0.1, 0.15) is 11.5 Å². The average Bonchev–Trinajstić information content (AvgIpc) is 3.48. The molecule has 0 bridgehead atoms. The van der Waals surface area contributed by atoms with Crippen molar-refractivity contribution in [3.05, 3.63) is 101 Å². The first kappa shape index (κ1) is 26.5. The fourth-order valence-corrected chi connectivity index (χ4v) is 3.89. The highest BCUT2D eigenvalue weighted by Gasteiger charge is 2.20. The molecule has 1 aromatic heterocycles. The molecule has 0 unspecified atom stereocenters. The third-order valence-electron chi connectivity index (χ3n) is 5.29. The maximum absolute atomic E-state index is 13.5. The minimum Gasteiger partial charge on any atom is -0.495 e. The van der Waals surface area contributed by atoms with Crippen LogP contribution in [-0.2, 0) is 0 Å². The van der Waals surface area contributed by atoms with Crippen LogP contribution >= 0.6 is 23.8 Å². The van der Waals surface area contributed by atoms with Gasteiger partial charge in [0, 0.05) is 17.3 Å². The molecule has 194 valence electrons. The minimum atomic E-state index is -0.396. The molecule has 0 aliphatic rings. The monoisotopic (exact) mass is 550 g/mol. The molecule has 0 radical (unpaired) electrons. The van der Waals surface area contributed by atoms with Gasteiger partial charge in [-0.25, -0.2) is 5.01 Å². The van der Waals surface area contributed by atoms with E-state index in [4.69, 9.17) is 37.7 Å². The van der Waals surface area contributed by atoms with E-state index in [1.165, 1.54) is 25.5 Å². The number of thiocarbonyl (C=S) groups is 1. The number of ether oxygens (including phenoxy) is 2. The van der Waals surface area contributed by atoms with Gasteiger partial charge in [0.2, 0.25) is 0 Å². The van der Waals surface area contributed by atoms with E-state index in [0.29, 0.717) is 39.1 Å². The van der Waals surface area contributed by atoms with Crippen LogP contribution in [0.25, 0.3) is 0 Å². The number of rotatable bonds is 7. The number of hydrogen-bond acceptors (Lipinski definition) is 6. The number of anilines is 3. The van der Waals surface area contributed by atoms with E-state index < -0.39 is 5.91 Å². The van der Waals surface area contributed by atoms with Crippen LogP contribution in [-0.4, -0.2) is 31.1 Å². The van der Waals surface area contributed by atoms with Gasteiger partial charge in [-0.1, -0.05) is 29.8 Å². The summed E-state index contributed by atoms with van der Waals surface area (Å²) in [7, 11) is 3.01. The highest BCUT2D eigenvalue weighted by molar-refractivity contribution is 7.80. The Hall–Kier alpha value is -4.54. The Labute approximate surface area is 229 Å². The Kier molecular flexibility index (Phi) is 8.47. The van der Waals surface area contributed by atoms with Crippen molar-refractivity contribution in [2.75, 3.05) is 29.9 Å². The van der Waals surface area contributed by atoms with Crippen LogP contribution in [0, 0.1) is 0 Å². The number of para-hydroxylation sites is 1. The Morgan fingerprint density at radius 2 is 1.61 bits per heavy atom. The molecule has 3 aromatic carbocycles. The molecule has 2 amide bonds. The molecule has 11 heteroatoms. The van der Waals surface area contributed by atoms with Crippen molar-refractivity contribution in [2.45, 2.75) is 0 Å². The molecule has 0 spiro atoms. The van der Waals surface area contributed by atoms with Crippen molar-refractivity contribution in [3.8, 4) is 11.5 Å². The van der Waals surface area contributed by atoms with Crippen LogP contribution < -0.4 is 30.5 Å². The summed E-state index contributed by atoms with van der Waals surface area (Å²) in [6.07, 6.45) is 1.42. The van der Waals surface area contributed by atoms with E-state index in [-0.39, 0.29) is 16.8 Å². The molecule has 0 saturated carbocycles. The summed E-state index contributed by atoms with van der Waals surface area (Å²) in [6, 6.07) is 21.8. The molecular formula is C27H23ClN4O5S. The minimum absolute atomic E-state index is 0.115. The van der Waals surface area contributed by atoms with Crippen LogP contribution in [0.2, 0.25) is 5.02 Å². The number of hydrogen-bond donors (Lipinski definition) is 3. The van der Waals surface area contributed by atoms with Crippen molar-refractivity contribution in [1.29, 1.82) is 0 Å². The first-order chi connectivity index (χ1) is 18.4. The largest absolute Gasteiger partial charge is 0.495 e. The van der Waals surface area contributed by atoms with Gasteiger partial charge in [-0.2, -0.15) is 0 Å². The molecule has 0 fully saturated rings. The highest BCUT2D eigenvalue weighted by atomic mass is 35.5. The van der Waals surface area contributed by atoms with Gasteiger partial charge >= 0.3 is 0 Å². The second-order valence-electron chi connectivity index (χ2n) is 7.74. The van der Waals surface area contributed by atoms with Gasteiger partial charge < -0.3 is 24.5 Å². The average molecular weight is 551 g/mol. The zero-order valence-corrected chi connectivity index (χ0v) is 21.9. The number of benzene rings is 3. The number of carbonyl (C=O) groups excluding carboxylic acids is 2. The first-order valence-electron chi connectivity index (χ1n) is 11.2. The third-order valence-corrected chi connectivity index (χ3v) is 5.78. The topological polar surface area (TPSA) is 105 Å². The molecule has 4 aromatic rings. The van der Waals surface area contributed by atoms with E-state index in [0.717, 1.165) is 0 Å². The summed E-state index contributed by atoms with van der Waals surface area (Å²) >= 11 is 11.8. The summed E-state index contributed by atoms with van der Waals surface area (Å²) in [5, 5.41) is 7.51. The van der Waals surface area contributed by atoms with Crippen molar-refractivity contribution in [3.63, 3.8) is 0 Å². The lowest BCUT2D eigenvalue weighted by molar-refractivity contribution is 0.0978. The predicted octanol–water partition coefficient (Wildman–Crippen LogP) is 5.75. The number of methoxy groups -OCH3 is 2. The smallest absolute Gasteiger partial charge is 0.291 e. The van der Waals surface area contributed by atoms with E-state index in [1.54, 1.807) is 72.8 Å². The Morgan fingerprint density at radius 1 is 0.895 bits per heavy atom. The van der Waals surface area contributed by atoms with Gasteiger partial charge in [0.05, 0.1) is 36.9 Å². The van der Waals surface area contributed by atoms with Gasteiger partial charge in [0.25, 0.3) is 11.8 Å². The fraction of sp³-hybridized carbons (Fsp3) is 0.0741. The van der Waals surface area contributed by atoms with Gasteiger partial charge in [-0.3, -0.25) is 15.0 Å². The van der Waals surface area contributed by atoms with Crippen LogP contribution in [0.15, 0.2) is 89.5 Å². The zero-order valence-electron chi connectivity index (χ0n) is 20.4. The number of hydrazine groups is 1. The second kappa shape index (κ2) is 12.1. The van der Waals surface area contributed by atoms with Crippen LogP contribution in [0.1, 0.15) is 20.9 Å². The lowest BCUT2D eigenvalue weighted by atomic mass is 10.1. The van der Waals surface area contributed by atoms with Gasteiger partial charge in [-0.15, -0.1) is 0 Å². The van der Waals surface area contributed by atoms with Gasteiger partial charge in [-0.05, 0) is 66.8 Å². The lowest BCUT2D eigenvalue weighted by Crippen LogP contribution is -2.48. The zero-order chi connectivity index (χ0) is 27.1. The van der Waals surface area contributed by atoms with Crippen LogP contribution in [0.5, 0.6) is 11.5 Å². The fourth-order valence-electron chi connectivity index (χ4n) is 3.44. The van der Waals surface area contributed by atoms with Crippen LogP contribution in [0.3, 0.4) is 0 Å². The summed E-state index contributed by atoms with van der Waals surface area (Å²) in [5.41, 5.74) is 4.82. The van der Waals surface area contributed by atoms with E-state index in [9.17, 15) is 9.59 Å². The summed E-state index contributed by atoms with van der Waals surface area (Å²) < 4.78 is 15.7. The maximum Gasteiger partial charge on any atom is 0.291 e. The lowest BCUT2D eigenvalue weighted by Gasteiger charge is -2.25. The maximum atomic E-state index is 13.5. The van der Waals surface area contributed by atoms with Crippen molar-refractivity contribution in [2.24, 2.45) is 0 Å². The quantitative estimate of drug-likeness (QED) is 0.197. The number of halogens is 1. The van der Waals surface area contributed by atoms with Crippen molar-refractivity contribution < 1.29 is 23.5 Å². The molecule has 4 rings (SSSR count). The molecule has 0 aliphatic heterocycles. The Morgan fingerprint density at radius 3 is 2.24 bits per heavy atom. The highest BCUT2D eigenvalue weighted by Crippen LogP contribution is 2.35. The number of furan rings is 1. The predicted molar refractivity (Wildman–Crippen MR) is 150 cm³/mol. The van der Waals surface area contributed by atoms with Gasteiger partial charge in [0.15, 0.2) is 10.9 Å². The Bertz CT molecular complexity index is 1430. The summed E-state index contributed by atoms with van der Waals surface area (Å²) in [5.74, 6) is 0.287. The first-order valence-corrected chi connectivity index (χ1v) is 12.0. The van der Waals surface area contributed by atoms with E-state index >= 15 is 0 Å². The summed E-state index contributed by atoms with van der Waals surface area (Å²) in [6.45, 7) is 0. The number of amides is 2. The molecular weight excluding hydrogens is 528 g/mol. The SMILES string of the molecule is COc1cc(OC)c(NC(=S)NN(C(=O)c2ccc(NC(=O)c3ccco3)cc2)c2ccccc2)cc1Cl. The number of nitrogens with zero attached hydrogens (tertiary/aromatic N) is 1. The molecule has 0 saturated heterocycles. The standard InChI is InChI=1S/C27H23ClN4O5S/c1-35-23-16-24(36-2)21(15-20(23)28)30-27(38)31-32(19-7-4-3-5-8-19)26(34)17-10-12-18(13-11-17)29-25(33)22-9-6-14-37-22/h3-16H,1-2H3,(H,29,33)(H2,30,31,38). The van der Waals surface area contributed by atoms with E-state index in [1.807, 2.05) is 6.07 Å². The molecule has 9 nitrogen and oxygen atoms in total. The molecule has 38 heavy (non-hydrogen) atoms. The molecule has 0 atom stereocenters. The summed E-state index contributed by atoms with van der Waals surface area (Å²) in [4.78, 5) is 25.8. The Balaban J connectivity index is 1.53. The van der Waals surface area contributed by atoms with Crippen molar-refractivity contribution in [1.82, 2.24) is 5.43 Å².